The molecule has 0 amide bonds. The van der Waals surface area contributed by atoms with E-state index in [2.05, 4.69) is 4.98 Å². The Morgan fingerprint density at radius 3 is 2.62 bits per heavy atom. The maximum absolute atomic E-state index is 12.9. The van der Waals surface area contributed by atoms with E-state index in [1.165, 1.54) is 12.1 Å². The van der Waals surface area contributed by atoms with E-state index in [1.807, 2.05) is 0 Å². The number of halogens is 2. The number of aliphatic hydroxyl groups is 1. The summed E-state index contributed by atoms with van der Waals surface area (Å²) in [5.74, 6) is -0.447. The number of rotatable bonds is 2. The van der Waals surface area contributed by atoms with Crippen molar-refractivity contribution in [3.05, 3.63) is 52.9 Å². The molecule has 0 spiro atoms. The number of nitrogens with zero attached hydrogens (tertiary/aromatic N) is 1. The summed E-state index contributed by atoms with van der Waals surface area (Å²) >= 11 is 5.68. The Balaban J connectivity index is 2.38. The molecule has 0 saturated carbocycles. The third-order valence-electron chi connectivity index (χ3n) is 2.22. The zero-order valence-corrected chi connectivity index (χ0v) is 9.08. The van der Waals surface area contributed by atoms with Gasteiger partial charge in [-0.25, -0.2) is 4.39 Å². The lowest BCUT2D eigenvalue weighted by Crippen LogP contribution is -1.88. The van der Waals surface area contributed by atoms with Crippen molar-refractivity contribution in [3.63, 3.8) is 0 Å². The molecular formula is C12H9ClFNO. The smallest absolute Gasteiger partial charge is 0.141 e. The maximum Gasteiger partial charge on any atom is 0.141 e. The van der Waals surface area contributed by atoms with Gasteiger partial charge in [-0.3, -0.25) is 4.98 Å². The van der Waals surface area contributed by atoms with Gasteiger partial charge in [-0.15, -0.1) is 0 Å². The van der Waals surface area contributed by atoms with E-state index < -0.39 is 5.82 Å². The van der Waals surface area contributed by atoms with Crippen LogP contribution in [0, 0.1) is 5.82 Å². The molecule has 0 aliphatic heterocycles. The minimum absolute atomic E-state index is 0.0442. The van der Waals surface area contributed by atoms with E-state index in [-0.39, 0.29) is 11.6 Å². The standard InChI is InChI=1S/C12H9ClFNO/c13-10-5-9(2-3-11(10)14)12-4-1-8(7-16)6-15-12/h1-6,16H,7H2. The van der Waals surface area contributed by atoms with E-state index in [4.69, 9.17) is 16.7 Å². The van der Waals surface area contributed by atoms with Crippen LogP contribution < -0.4 is 0 Å². The molecule has 16 heavy (non-hydrogen) atoms. The topological polar surface area (TPSA) is 33.1 Å². The summed E-state index contributed by atoms with van der Waals surface area (Å²) < 4.78 is 12.9. The van der Waals surface area contributed by atoms with Crippen LogP contribution in [0.5, 0.6) is 0 Å². The third-order valence-corrected chi connectivity index (χ3v) is 2.51. The predicted molar refractivity (Wildman–Crippen MR) is 60.6 cm³/mol. The van der Waals surface area contributed by atoms with Crippen molar-refractivity contribution in [1.82, 2.24) is 4.98 Å². The Morgan fingerprint density at radius 2 is 2.06 bits per heavy atom. The molecule has 0 bridgehead atoms. The van der Waals surface area contributed by atoms with Crippen molar-refractivity contribution in [2.24, 2.45) is 0 Å². The summed E-state index contributed by atoms with van der Waals surface area (Å²) in [6.07, 6.45) is 1.58. The molecule has 1 heterocycles. The maximum atomic E-state index is 12.9. The average molecular weight is 238 g/mol. The van der Waals surface area contributed by atoms with Gasteiger partial charge in [0, 0.05) is 11.8 Å². The molecular weight excluding hydrogens is 229 g/mol. The number of aromatic nitrogens is 1. The number of benzene rings is 1. The summed E-state index contributed by atoms with van der Waals surface area (Å²) in [5, 5.41) is 8.94. The van der Waals surface area contributed by atoms with Crippen molar-refractivity contribution >= 4 is 11.6 Å². The summed E-state index contributed by atoms with van der Waals surface area (Å²) in [7, 11) is 0. The third kappa shape index (κ3) is 2.21. The first-order chi connectivity index (χ1) is 7.70. The van der Waals surface area contributed by atoms with Crippen LogP contribution in [0.3, 0.4) is 0 Å². The number of hydrogen-bond donors (Lipinski definition) is 1. The highest BCUT2D eigenvalue weighted by atomic mass is 35.5. The second-order valence-electron chi connectivity index (χ2n) is 3.34. The van der Waals surface area contributed by atoms with Crippen molar-refractivity contribution in [1.29, 1.82) is 0 Å². The Bertz CT molecular complexity index is 499. The zero-order chi connectivity index (χ0) is 11.5. The summed E-state index contributed by atoms with van der Waals surface area (Å²) in [6, 6.07) is 7.97. The van der Waals surface area contributed by atoms with Crippen LogP contribution in [0.2, 0.25) is 5.02 Å². The fourth-order valence-electron chi connectivity index (χ4n) is 1.34. The van der Waals surface area contributed by atoms with Gasteiger partial charge in [-0.1, -0.05) is 17.7 Å². The molecule has 82 valence electrons. The minimum Gasteiger partial charge on any atom is -0.392 e. The Kier molecular flexibility index (Phi) is 3.17. The van der Waals surface area contributed by atoms with Gasteiger partial charge in [-0.2, -0.15) is 0 Å². The van der Waals surface area contributed by atoms with Crippen LogP contribution in [0.25, 0.3) is 11.3 Å². The molecule has 0 atom stereocenters. The quantitative estimate of drug-likeness (QED) is 0.871. The minimum atomic E-state index is -0.447. The van der Waals surface area contributed by atoms with E-state index in [0.29, 0.717) is 5.69 Å². The molecule has 2 nitrogen and oxygen atoms in total. The lowest BCUT2D eigenvalue weighted by Gasteiger charge is -2.03. The first-order valence-electron chi connectivity index (χ1n) is 4.72. The highest BCUT2D eigenvalue weighted by Crippen LogP contribution is 2.23. The predicted octanol–water partition coefficient (Wildman–Crippen LogP) is 3.03. The normalized spacial score (nSPS) is 10.4. The van der Waals surface area contributed by atoms with Gasteiger partial charge in [0.25, 0.3) is 0 Å². The molecule has 1 N–H and O–H groups in total. The molecule has 0 unspecified atom stereocenters. The van der Waals surface area contributed by atoms with E-state index >= 15 is 0 Å². The van der Waals surface area contributed by atoms with Crippen LogP contribution in [-0.2, 0) is 6.61 Å². The number of hydrogen-bond acceptors (Lipinski definition) is 2. The van der Waals surface area contributed by atoms with E-state index in [9.17, 15) is 4.39 Å². The van der Waals surface area contributed by atoms with Crippen LogP contribution in [0.15, 0.2) is 36.5 Å². The fourth-order valence-corrected chi connectivity index (χ4v) is 1.52. The van der Waals surface area contributed by atoms with Crippen molar-refractivity contribution in [2.45, 2.75) is 6.61 Å². The molecule has 4 heteroatoms. The summed E-state index contributed by atoms with van der Waals surface area (Å²) in [6.45, 7) is -0.0442. The van der Waals surface area contributed by atoms with Crippen LogP contribution in [-0.4, -0.2) is 10.1 Å². The Hall–Kier alpha value is -1.45. The Labute approximate surface area is 97.3 Å². The number of aliphatic hydroxyl groups excluding tert-OH is 1. The molecule has 2 rings (SSSR count). The van der Waals surface area contributed by atoms with Gasteiger partial charge in [0.1, 0.15) is 5.82 Å². The highest BCUT2D eigenvalue weighted by Gasteiger charge is 2.04. The van der Waals surface area contributed by atoms with Gasteiger partial charge in [0.2, 0.25) is 0 Å². The van der Waals surface area contributed by atoms with Crippen molar-refractivity contribution in [3.8, 4) is 11.3 Å². The molecule has 0 fully saturated rings. The van der Waals surface area contributed by atoms with Gasteiger partial charge in [-0.05, 0) is 29.8 Å². The largest absolute Gasteiger partial charge is 0.392 e. The molecule has 1 aromatic carbocycles. The number of pyridine rings is 1. The average Bonchev–Trinajstić information content (AvgIpc) is 2.33. The summed E-state index contributed by atoms with van der Waals surface area (Å²) in [5.41, 5.74) is 2.17. The van der Waals surface area contributed by atoms with Crippen LogP contribution in [0.4, 0.5) is 4.39 Å². The summed E-state index contributed by atoms with van der Waals surface area (Å²) in [4.78, 5) is 4.15. The van der Waals surface area contributed by atoms with E-state index in [0.717, 1.165) is 11.1 Å². The Morgan fingerprint density at radius 1 is 1.25 bits per heavy atom. The van der Waals surface area contributed by atoms with Gasteiger partial charge < -0.3 is 5.11 Å². The fraction of sp³-hybridized carbons (Fsp3) is 0.0833. The first kappa shape index (κ1) is 11.0. The van der Waals surface area contributed by atoms with Crippen molar-refractivity contribution < 1.29 is 9.50 Å². The van der Waals surface area contributed by atoms with Gasteiger partial charge >= 0.3 is 0 Å². The van der Waals surface area contributed by atoms with Gasteiger partial charge in [0.15, 0.2) is 0 Å². The van der Waals surface area contributed by atoms with Crippen LogP contribution in [0.1, 0.15) is 5.56 Å². The SMILES string of the molecule is OCc1ccc(-c2ccc(F)c(Cl)c2)nc1. The molecule has 2 aromatic rings. The lowest BCUT2D eigenvalue weighted by atomic mass is 10.1. The lowest BCUT2D eigenvalue weighted by molar-refractivity contribution is 0.281. The second kappa shape index (κ2) is 4.60. The first-order valence-corrected chi connectivity index (χ1v) is 5.09. The molecule has 0 aliphatic carbocycles. The molecule has 0 saturated heterocycles. The second-order valence-corrected chi connectivity index (χ2v) is 3.75. The van der Waals surface area contributed by atoms with Gasteiger partial charge in [0.05, 0.1) is 17.3 Å². The van der Waals surface area contributed by atoms with E-state index in [1.54, 1.807) is 24.4 Å². The molecule has 0 radical (unpaired) electrons. The molecule has 0 aliphatic rings. The molecule has 1 aromatic heterocycles. The van der Waals surface area contributed by atoms with Crippen LogP contribution >= 0.6 is 11.6 Å². The zero-order valence-electron chi connectivity index (χ0n) is 8.32. The monoisotopic (exact) mass is 237 g/mol. The van der Waals surface area contributed by atoms with Crippen molar-refractivity contribution in [2.75, 3.05) is 0 Å². The highest BCUT2D eigenvalue weighted by molar-refractivity contribution is 6.31.